The highest BCUT2D eigenvalue weighted by Gasteiger charge is 2.18. The molecule has 1 aliphatic heterocycles. The van der Waals surface area contributed by atoms with Crippen LogP contribution in [0.1, 0.15) is 46.9 Å². The summed E-state index contributed by atoms with van der Waals surface area (Å²) in [5, 5.41) is 15.5. The quantitative estimate of drug-likeness (QED) is 0.894. The fourth-order valence-corrected chi connectivity index (χ4v) is 3.66. The third kappa shape index (κ3) is 3.94. The first kappa shape index (κ1) is 16.9. The van der Waals surface area contributed by atoms with Crippen molar-refractivity contribution in [3.05, 3.63) is 45.9 Å². The topological polar surface area (TPSA) is 65.5 Å². The lowest BCUT2D eigenvalue weighted by Crippen LogP contribution is -2.35. The van der Waals surface area contributed by atoms with Crippen molar-refractivity contribution in [1.29, 1.82) is 0 Å². The monoisotopic (exact) mass is 345 g/mol. The summed E-state index contributed by atoms with van der Waals surface area (Å²) >= 11 is 1.56. The smallest absolute Gasteiger partial charge is 0.251 e. The maximum absolute atomic E-state index is 12.4. The molecule has 1 amide bonds. The molecule has 2 heterocycles. The number of hydrogen-bond donors (Lipinski definition) is 2. The van der Waals surface area contributed by atoms with E-state index in [0.29, 0.717) is 5.56 Å². The maximum Gasteiger partial charge on any atom is 0.251 e. The third-order valence-corrected chi connectivity index (χ3v) is 5.46. The molecule has 1 fully saturated rings. The highest BCUT2D eigenvalue weighted by molar-refractivity contribution is 7.09. The van der Waals surface area contributed by atoms with Gasteiger partial charge in [-0.2, -0.15) is 0 Å². The van der Waals surface area contributed by atoms with Crippen LogP contribution in [0, 0.1) is 6.92 Å². The van der Waals surface area contributed by atoms with Crippen LogP contribution in [-0.4, -0.2) is 35.2 Å². The van der Waals surface area contributed by atoms with Crippen molar-refractivity contribution in [2.75, 3.05) is 18.0 Å². The lowest BCUT2D eigenvalue weighted by atomic mass is 10.1. The summed E-state index contributed by atoms with van der Waals surface area (Å²) in [5.41, 5.74) is 2.73. The molecule has 0 saturated carbocycles. The minimum Gasteiger partial charge on any atom is -0.393 e. The average molecular weight is 345 g/mol. The maximum atomic E-state index is 12.4. The number of amides is 1. The van der Waals surface area contributed by atoms with Crippen molar-refractivity contribution in [3.63, 3.8) is 0 Å². The van der Waals surface area contributed by atoms with Gasteiger partial charge in [0.05, 0.1) is 12.1 Å². The van der Waals surface area contributed by atoms with E-state index in [1.165, 1.54) is 0 Å². The second-order valence-corrected chi connectivity index (χ2v) is 7.18. The van der Waals surface area contributed by atoms with Crippen LogP contribution in [0.25, 0.3) is 0 Å². The molecule has 128 valence electrons. The van der Waals surface area contributed by atoms with Gasteiger partial charge in [0.2, 0.25) is 0 Å². The molecule has 1 atom stereocenters. The lowest BCUT2D eigenvalue weighted by molar-refractivity contribution is 0.0940. The summed E-state index contributed by atoms with van der Waals surface area (Å²) in [6.07, 6.45) is 1.42. The van der Waals surface area contributed by atoms with E-state index in [1.54, 1.807) is 11.3 Å². The molecule has 0 bridgehead atoms. The second kappa shape index (κ2) is 7.32. The summed E-state index contributed by atoms with van der Waals surface area (Å²) in [6, 6.07) is 7.57. The van der Waals surface area contributed by atoms with Crippen LogP contribution in [-0.2, 0) is 0 Å². The Labute approximate surface area is 146 Å². The summed E-state index contributed by atoms with van der Waals surface area (Å²) in [6.45, 7) is 5.61. The van der Waals surface area contributed by atoms with Crippen molar-refractivity contribution < 1.29 is 9.90 Å². The van der Waals surface area contributed by atoms with E-state index in [1.807, 2.05) is 43.5 Å². The molecule has 2 N–H and O–H groups in total. The predicted molar refractivity (Wildman–Crippen MR) is 96.6 cm³/mol. The van der Waals surface area contributed by atoms with E-state index in [4.69, 9.17) is 0 Å². The average Bonchev–Trinajstić information content (AvgIpc) is 3.02. The molecule has 3 rings (SSSR count). The van der Waals surface area contributed by atoms with Gasteiger partial charge in [-0.1, -0.05) is 0 Å². The number of aryl methyl sites for hydroxylation is 1. The largest absolute Gasteiger partial charge is 0.393 e. The van der Waals surface area contributed by atoms with Crippen molar-refractivity contribution in [2.24, 2.45) is 0 Å². The van der Waals surface area contributed by atoms with E-state index in [2.05, 4.69) is 15.2 Å². The van der Waals surface area contributed by atoms with E-state index in [-0.39, 0.29) is 18.1 Å². The molecule has 0 aliphatic carbocycles. The second-order valence-electron chi connectivity index (χ2n) is 6.29. The van der Waals surface area contributed by atoms with E-state index < -0.39 is 0 Å². The van der Waals surface area contributed by atoms with Crippen LogP contribution >= 0.6 is 11.3 Å². The van der Waals surface area contributed by atoms with Crippen LogP contribution in [0.2, 0.25) is 0 Å². The predicted octanol–water partition coefficient (Wildman–Crippen LogP) is 2.90. The molecule has 1 aliphatic rings. The molecular weight excluding hydrogens is 322 g/mol. The molecule has 1 aromatic heterocycles. The minimum atomic E-state index is -0.178. The Morgan fingerprint density at radius 2 is 2.00 bits per heavy atom. The number of piperidine rings is 1. The molecule has 24 heavy (non-hydrogen) atoms. The summed E-state index contributed by atoms with van der Waals surface area (Å²) in [4.78, 5) is 19.0. The van der Waals surface area contributed by atoms with Crippen molar-refractivity contribution >= 4 is 22.9 Å². The molecule has 1 saturated heterocycles. The van der Waals surface area contributed by atoms with Gasteiger partial charge in [0.15, 0.2) is 0 Å². The van der Waals surface area contributed by atoms with Crippen molar-refractivity contribution in [1.82, 2.24) is 10.3 Å². The van der Waals surface area contributed by atoms with Gasteiger partial charge in [-0.25, -0.2) is 4.98 Å². The number of thiazole rings is 1. The Morgan fingerprint density at radius 3 is 2.58 bits per heavy atom. The SMILES string of the molecule is Cc1csc(C(C)NC(=O)c2ccc(N3CCC(O)CC3)cc2)n1. The van der Waals surface area contributed by atoms with Gasteiger partial charge < -0.3 is 15.3 Å². The fourth-order valence-electron chi connectivity index (χ4n) is 2.86. The number of nitrogens with one attached hydrogen (secondary N) is 1. The van der Waals surface area contributed by atoms with E-state index in [9.17, 15) is 9.90 Å². The zero-order valence-electron chi connectivity index (χ0n) is 14.0. The number of hydrogen-bond acceptors (Lipinski definition) is 5. The summed E-state index contributed by atoms with van der Waals surface area (Å²) in [5.74, 6) is -0.0871. The Kier molecular flexibility index (Phi) is 5.16. The van der Waals surface area contributed by atoms with E-state index in [0.717, 1.165) is 42.3 Å². The minimum absolute atomic E-state index is 0.0871. The van der Waals surface area contributed by atoms with Gasteiger partial charge in [0, 0.05) is 35.4 Å². The summed E-state index contributed by atoms with van der Waals surface area (Å²) in [7, 11) is 0. The zero-order chi connectivity index (χ0) is 17.1. The Bertz CT molecular complexity index is 691. The number of rotatable bonds is 4. The molecule has 1 unspecified atom stereocenters. The first-order valence-corrected chi connectivity index (χ1v) is 9.17. The van der Waals surface area contributed by atoms with E-state index >= 15 is 0 Å². The first-order valence-electron chi connectivity index (χ1n) is 8.29. The highest BCUT2D eigenvalue weighted by atomic mass is 32.1. The summed E-state index contributed by atoms with van der Waals surface area (Å²) < 4.78 is 0. The number of nitrogens with zero attached hydrogens (tertiary/aromatic N) is 2. The van der Waals surface area contributed by atoms with Crippen molar-refractivity contribution in [3.8, 4) is 0 Å². The Hall–Kier alpha value is -1.92. The standard InChI is InChI=1S/C18H23N3O2S/c1-12-11-24-18(19-12)13(2)20-17(23)14-3-5-15(6-4-14)21-9-7-16(22)8-10-21/h3-6,11,13,16,22H,7-10H2,1-2H3,(H,20,23). The van der Waals surface area contributed by atoms with Gasteiger partial charge in [-0.05, 0) is 51.0 Å². The van der Waals surface area contributed by atoms with Gasteiger partial charge in [0.1, 0.15) is 5.01 Å². The normalized spacial score (nSPS) is 16.9. The van der Waals surface area contributed by atoms with Crippen molar-refractivity contribution in [2.45, 2.75) is 38.8 Å². The molecule has 1 aromatic carbocycles. The van der Waals surface area contributed by atoms with Gasteiger partial charge >= 0.3 is 0 Å². The third-order valence-electron chi connectivity index (χ3n) is 4.31. The molecule has 0 radical (unpaired) electrons. The number of benzene rings is 1. The number of anilines is 1. The van der Waals surface area contributed by atoms with Gasteiger partial charge in [-0.15, -0.1) is 11.3 Å². The van der Waals surface area contributed by atoms with Crippen LogP contribution in [0.3, 0.4) is 0 Å². The lowest BCUT2D eigenvalue weighted by Gasteiger charge is -2.31. The molecule has 0 spiro atoms. The molecule has 2 aromatic rings. The fraction of sp³-hybridized carbons (Fsp3) is 0.444. The van der Waals surface area contributed by atoms with Crippen LogP contribution in [0.5, 0.6) is 0 Å². The number of aliphatic hydroxyl groups excluding tert-OH is 1. The van der Waals surface area contributed by atoms with Crippen LogP contribution in [0.15, 0.2) is 29.6 Å². The Morgan fingerprint density at radius 1 is 1.33 bits per heavy atom. The number of carbonyl (C=O) groups excluding carboxylic acids is 1. The molecule has 6 heteroatoms. The van der Waals surface area contributed by atoms with Crippen LogP contribution < -0.4 is 10.2 Å². The van der Waals surface area contributed by atoms with Gasteiger partial charge in [0.25, 0.3) is 5.91 Å². The molecule has 5 nitrogen and oxygen atoms in total. The Balaban J connectivity index is 1.61. The number of aromatic nitrogens is 1. The van der Waals surface area contributed by atoms with Crippen LogP contribution in [0.4, 0.5) is 5.69 Å². The van der Waals surface area contributed by atoms with Gasteiger partial charge in [-0.3, -0.25) is 4.79 Å². The number of carbonyl (C=O) groups is 1. The number of aliphatic hydroxyl groups is 1. The molecular formula is C18H23N3O2S. The highest BCUT2D eigenvalue weighted by Crippen LogP contribution is 2.21. The first-order chi connectivity index (χ1) is 11.5. The zero-order valence-corrected chi connectivity index (χ0v) is 14.8.